The van der Waals surface area contributed by atoms with E-state index < -0.39 is 5.82 Å². The number of urea groups is 1. The van der Waals surface area contributed by atoms with Gasteiger partial charge in [0, 0.05) is 57.8 Å². The van der Waals surface area contributed by atoms with Gasteiger partial charge in [-0.3, -0.25) is 9.59 Å². The third-order valence-corrected chi connectivity index (χ3v) is 6.20. The molecule has 4 amide bonds. The average Bonchev–Trinajstić information content (AvgIpc) is 3.40. The first-order chi connectivity index (χ1) is 17.0. The van der Waals surface area contributed by atoms with Crippen LogP contribution in [0.4, 0.5) is 26.2 Å². The number of rotatable bonds is 6. The number of para-hydroxylation sites is 1. The van der Waals surface area contributed by atoms with Crippen molar-refractivity contribution < 1.29 is 23.5 Å². The number of hydrogen-bond donors (Lipinski definition) is 2. The molecule has 0 aliphatic carbocycles. The summed E-state index contributed by atoms with van der Waals surface area (Å²) in [5, 5.41) is 5.38. The number of carbonyl (C=O) groups excluding carboxylic acids is 3. The van der Waals surface area contributed by atoms with E-state index in [-0.39, 0.29) is 30.1 Å². The van der Waals surface area contributed by atoms with Crippen LogP contribution in [0.15, 0.2) is 42.5 Å². The number of ether oxygens (including phenoxy) is 1. The third-order valence-electron chi connectivity index (χ3n) is 6.20. The Morgan fingerprint density at radius 2 is 1.63 bits per heavy atom. The Bertz CT molecular complexity index is 1080. The van der Waals surface area contributed by atoms with E-state index in [1.165, 1.54) is 19.2 Å². The van der Waals surface area contributed by atoms with Crippen LogP contribution in [0.25, 0.3) is 0 Å². The number of amides is 4. The van der Waals surface area contributed by atoms with Crippen molar-refractivity contribution in [3.63, 3.8) is 0 Å². The average molecular weight is 484 g/mol. The highest BCUT2D eigenvalue weighted by Crippen LogP contribution is 2.28. The van der Waals surface area contributed by atoms with Crippen LogP contribution in [0.5, 0.6) is 0 Å². The van der Waals surface area contributed by atoms with Gasteiger partial charge in [-0.15, -0.1) is 0 Å². The second-order valence-electron chi connectivity index (χ2n) is 8.60. The van der Waals surface area contributed by atoms with Gasteiger partial charge in [0.15, 0.2) is 0 Å². The van der Waals surface area contributed by atoms with Crippen molar-refractivity contribution in [2.24, 2.45) is 0 Å². The minimum atomic E-state index is -0.484. The number of nitrogens with zero attached hydrogens (tertiary/aromatic N) is 3. The Balaban J connectivity index is 1.47. The number of methoxy groups -OCH3 is 1. The number of benzene rings is 2. The maximum Gasteiger partial charge on any atom is 0.322 e. The van der Waals surface area contributed by atoms with Crippen molar-refractivity contribution in [1.29, 1.82) is 0 Å². The fourth-order valence-electron chi connectivity index (χ4n) is 4.39. The Morgan fingerprint density at radius 1 is 0.914 bits per heavy atom. The summed E-state index contributed by atoms with van der Waals surface area (Å²) >= 11 is 0. The van der Waals surface area contributed by atoms with Gasteiger partial charge in [0.05, 0.1) is 11.3 Å². The molecule has 0 aromatic heterocycles. The lowest BCUT2D eigenvalue weighted by Gasteiger charge is -2.37. The Labute approximate surface area is 203 Å². The molecule has 0 spiro atoms. The molecule has 2 N–H and O–H groups in total. The molecule has 9 nitrogen and oxygen atoms in total. The predicted octanol–water partition coefficient (Wildman–Crippen LogP) is 3.00. The number of likely N-dealkylation sites (tertiary alicyclic amines) is 1. The first kappa shape index (κ1) is 24.5. The molecule has 2 heterocycles. The van der Waals surface area contributed by atoms with Crippen LogP contribution in [-0.2, 0) is 9.53 Å². The van der Waals surface area contributed by atoms with Gasteiger partial charge in [-0.05, 0) is 43.2 Å². The van der Waals surface area contributed by atoms with Gasteiger partial charge in [0.2, 0.25) is 5.91 Å². The molecule has 0 atom stereocenters. The summed E-state index contributed by atoms with van der Waals surface area (Å²) < 4.78 is 18.8. The van der Waals surface area contributed by atoms with E-state index in [0.29, 0.717) is 50.5 Å². The highest BCUT2D eigenvalue weighted by Gasteiger charge is 2.28. The van der Waals surface area contributed by atoms with Crippen LogP contribution in [-0.4, -0.2) is 80.6 Å². The van der Waals surface area contributed by atoms with Crippen molar-refractivity contribution >= 4 is 34.9 Å². The molecule has 2 saturated heterocycles. The molecule has 2 aromatic rings. The summed E-state index contributed by atoms with van der Waals surface area (Å²) in [6.07, 6.45) is 1.95. The first-order valence-electron chi connectivity index (χ1n) is 11.7. The minimum absolute atomic E-state index is 0.0694. The molecule has 0 saturated carbocycles. The van der Waals surface area contributed by atoms with Crippen LogP contribution in [0.3, 0.4) is 0 Å². The number of carbonyl (C=O) groups is 3. The molecule has 0 radical (unpaired) electrons. The van der Waals surface area contributed by atoms with E-state index in [0.717, 1.165) is 18.5 Å². The number of anilines is 3. The first-order valence-corrected chi connectivity index (χ1v) is 11.7. The van der Waals surface area contributed by atoms with E-state index in [1.54, 1.807) is 29.2 Å². The fourth-order valence-corrected chi connectivity index (χ4v) is 4.39. The molecular weight excluding hydrogens is 453 g/mol. The SMILES string of the molecule is COCC(=O)Nc1ccc(N2CCN(C(=O)Nc3ccccc3F)CC2)c(C(=O)N2CCCC2)c1. The molecule has 4 rings (SSSR count). The topological polar surface area (TPSA) is 94.2 Å². The fraction of sp³-hybridized carbons (Fsp3) is 0.400. The number of piperazine rings is 1. The van der Waals surface area contributed by atoms with Crippen molar-refractivity contribution in [2.45, 2.75) is 12.8 Å². The van der Waals surface area contributed by atoms with Crippen LogP contribution < -0.4 is 15.5 Å². The Hall–Kier alpha value is -3.66. The minimum Gasteiger partial charge on any atom is -0.375 e. The van der Waals surface area contributed by atoms with E-state index in [4.69, 9.17) is 4.74 Å². The van der Waals surface area contributed by atoms with Gasteiger partial charge in [-0.25, -0.2) is 9.18 Å². The summed E-state index contributed by atoms with van der Waals surface area (Å²) in [7, 11) is 1.45. The molecule has 2 fully saturated rings. The lowest BCUT2D eigenvalue weighted by molar-refractivity contribution is -0.119. The van der Waals surface area contributed by atoms with Crippen molar-refractivity contribution in [1.82, 2.24) is 9.80 Å². The summed E-state index contributed by atoms with van der Waals surface area (Å²) in [5.41, 5.74) is 1.96. The number of halogens is 1. The monoisotopic (exact) mass is 483 g/mol. The molecule has 0 unspecified atom stereocenters. The second-order valence-corrected chi connectivity index (χ2v) is 8.60. The lowest BCUT2D eigenvalue weighted by atomic mass is 10.1. The maximum absolute atomic E-state index is 13.9. The second kappa shape index (κ2) is 11.2. The summed E-state index contributed by atoms with van der Waals surface area (Å²) in [6.45, 7) is 3.22. The molecule has 0 bridgehead atoms. The summed E-state index contributed by atoms with van der Waals surface area (Å²) in [5.74, 6) is -0.850. The van der Waals surface area contributed by atoms with Crippen molar-refractivity contribution in [2.75, 3.05) is 68.5 Å². The molecule has 2 aliphatic heterocycles. The van der Waals surface area contributed by atoms with Crippen LogP contribution >= 0.6 is 0 Å². The predicted molar refractivity (Wildman–Crippen MR) is 131 cm³/mol. The highest BCUT2D eigenvalue weighted by molar-refractivity contribution is 6.02. The molecule has 35 heavy (non-hydrogen) atoms. The molecule has 2 aromatic carbocycles. The van der Waals surface area contributed by atoms with Crippen LogP contribution in [0.2, 0.25) is 0 Å². The lowest BCUT2D eigenvalue weighted by Crippen LogP contribution is -2.50. The number of hydrogen-bond acceptors (Lipinski definition) is 5. The van der Waals surface area contributed by atoms with Crippen molar-refractivity contribution in [3.8, 4) is 0 Å². The standard InChI is InChI=1S/C25H30FN5O4/c1-35-17-23(32)27-18-8-9-22(19(16-18)24(33)30-10-4-5-11-30)29-12-14-31(15-13-29)25(34)28-21-7-3-2-6-20(21)26/h2-3,6-9,16H,4-5,10-15,17H2,1H3,(H,27,32)(H,28,34). The third kappa shape index (κ3) is 5.89. The van der Waals surface area contributed by atoms with Gasteiger partial charge in [-0.1, -0.05) is 12.1 Å². The number of nitrogens with one attached hydrogen (secondary N) is 2. The van der Waals surface area contributed by atoms with Gasteiger partial charge >= 0.3 is 6.03 Å². The molecule has 10 heteroatoms. The van der Waals surface area contributed by atoms with Crippen molar-refractivity contribution in [3.05, 3.63) is 53.8 Å². The van der Waals surface area contributed by atoms with E-state index in [1.807, 2.05) is 11.0 Å². The zero-order valence-electron chi connectivity index (χ0n) is 19.8. The van der Waals surface area contributed by atoms with E-state index >= 15 is 0 Å². The van der Waals surface area contributed by atoms with Gasteiger partial charge in [0.25, 0.3) is 5.91 Å². The van der Waals surface area contributed by atoms with Gasteiger partial charge < -0.3 is 30.1 Å². The van der Waals surface area contributed by atoms with Crippen LogP contribution in [0, 0.1) is 5.82 Å². The highest BCUT2D eigenvalue weighted by atomic mass is 19.1. The quantitative estimate of drug-likeness (QED) is 0.659. The van der Waals surface area contributed by atoms with Crippen LogP contribution in [0.1, 0.15) is 23.2 Å². The Kier molecular flexibility index (Phi) is 7.81. The normalized spacial score (nSPS) is 15.8. The van der Waals surface area contributed by atoms with E-state index in [2.05, 4.69) is 15.5 Å². The molecular formula is C25H30FN5O4. The smallest absolute Gasteiger partial charge is 0.322 e. The molecule has 186 valence electrons. The molecule has 2 aliphatic rings. The zero-order chi connectivity index (χ0) is 24.8. The Morgan fingerprint density at radius 3 is 2.31 bits per heavy atom. The summed E-state index contributed by atoms with van der Waals surface area (Å²) in [6, 6.07) is 11.0. The van der Waals surface area contributed by atoms with E-state index in [9.17, 15) is 18.8 Å². The zero-order valence-corrected chi connectivity index (χ0v) is 19.8. The van der Waals surface area contributed by atoms with Gasteiger partial charge in [0.1, 0.15) is 12.4 Å². The largest absolute Gasteiger partial charge is 0.375 e. The maximum atomic E-state index is 13.9. The van der Waals surface area contributed by atoms with Gasteiger partial charge in [-0.2, -0.15) is 0 Å². The summed E-state index contributed by atoms with van der Waals surface area (Å²) in [4.78, 5) is 43.5.